The van der Waals surface area contributed by atoms with Gasteiger partial charge in [0.05, 0.1) is 9.92 Å². The van der Waals surface area contributed by atoms with Gasteiger partial charge in [-0.2, -0.15) is 0 Å². The van der Waals surface area contributed by atoms with Crippen molar-refractivity contribution in [1.29, 1.82) is 0 Å². The lowest BCUT2D eigenvalue weighted by atomic mass is 10.0. The molecule has 0 radical (unpaired) electrons. The lowest BCUT2D eigenvalue weighted by molar-refractivity contribution is -0.597. The van der Waals surface area contributed by atoms with Crippen LogP contribution in [0.4, 0.5) is 0 Å². The van der Waals surface area contributed by atoms with Crippen molar-refractivity contribution in [2.75, 3.05) is 0 Å². The SMILES string of the molecule is CC(C)c1ccc([I+]c2ccc(C(C)C)cc2)cc1.O=S(=O)([O-])c1cc(Cl)ccc1Cl. The predicted octanol–water partition coefficient (Wildman–Crippen LogP) is 3.96. The van der Waals surface area contributed by atoms with E-state index in [0.717, 1.165) is 6.07 Å². The van der Waals surface area contributed by atoms with Crippen LogP contribution in [0, 0.1) is 7.14 Å². The number of hydrogen-bond acceptors (Lipinski definition) is 3. The molecule has 0 aromatic heterocycles. The highest BCUT2D eigenvalue weighted by Crippen LogP contribution is 2.24. The van der Waals surface area contributed by atoms with Crippen LogP contribution in [0.5, 0.6) is 0 Å². The minimum atomic E-state index is -4.52. The first kappa shape index (κ1) is 26.1. The third-order valence-corrected chi connectivity index (χ3v) is 8.69. The third kappa shape index (κ3) is 8.39. The molecule has 7 heteroatoms. The lowest BCUT2D eigenvalue weighted by Gasteiger charge is -2.08. The molecule has 0 saturated heterocycles. The molecule has 0 aliphatic heterocycles. The summed E-state index contributed by atoms with van der Waals surface area (Å²) in [5, 5.41) is 0.0447. The highest BCUT2D eigenvalue weighted by molar-refractivity contribution is 7.85. The minimum absolute atomic E-state index is 0.0366. The summed E-state index contributed by atoms with van der Waals surface area (Å²) in [7, 11) is -4.52. The molecule has 0 bridgehead atoms. The zero-order chi connectivity index (χ0) is 23.2. The van der Waals surface area contributed by atoms with E-state index in [2.05, 4.69) is 76.2 Å². The summed E-state index contributed by atoms with van der Waals surface area (Å²) in [5.74, 6) is 1.25. The molecule has 0 spiro atoms. The maximum Gasteiger partial charge on any atom is 0.357 e. The van der Waals surface area contributed by atoms with Gasteiger partial charge in [-0.05, 0) is 65.4 Å². The quantitative estimate of drug-likeness (QED) is 0.334. The fourth-order valence-corrected chi connectivity index (χ4v) is 5.99. The Morgan fingerprint density at radius 1 is 0.742 bits per heavy atom. The molecule has 166 valence electrons. The van der Waals surface area contributed by atoms with E-state index in [4.69, 9.17) is 23.2 Å². The summed E-state index contributed by atoms with van der Waals surface area (Å²) < 4.78 is 34.5. The van der Waals surface area contributed by atoms with Crippen LogP contribution in [0.15, 0.2) is 71.6 Å². The van der Waals surface area contributed by atoms with Crippen LogP contribution in [0.3, 0.4) is 0 Å². The summed E-state index contributed by atoms with van der Waals surface area (Å²) in [6.45, 7) is 8.98. The van der Waals surface area contributed by atoms with E-state index < -0.39 is 15.0 Å². The Bertz CT molecular complexity index is 1050. The smallest absolute Gasteiger partial charge is 0.357 e. The van der Waals surface area contributed by atoms with Crippen molar-refractivity contribution in [3.05, 3.63) is 95.0 Å². The lowest BCUT2D eigenvalue weighted by Crippen LogP contribution is -3.61. The van der Waals surface area contributed by atoms with Crippen LogP contribution in [-0.2, 0) is 10.1 Å². The van der Waals surface area contributed by atoms with Gasteiger partial charge in [0.25, 0.3) is 0 Å². The average Bonchev–Trinajstić information content (AvgIpc) is 2.70. The highest BCUT2D eigenvalue weighted by Gasteiger charge is 2.15. The van der Waals surface area contributed by atoms with Crippen molar-refractivity contribution in [3.8, 4) is 0 Å². The standard InChI is InChI=1S/C18H22I.C6H4Cl2O3S/c1-13(2)15-5-9-17(10-6-15)19-18-11-7-16(8-12-18)14(3)4;7-4-1-2-5(8)6(3-4)12(9,10)11/h5-14H,1-4H3;1-3H,(H,9,10,11)/q+1;/p-1. The molecule has 3 aromatic rings. The predicted molar refractivity (Wildman–Crippen MR) is 123 cm³/mol. The average molecular weight is 591 g/mol. The molecule has 0 aliphatic rings. The first-order valence-corrected chi connectivity index (χ1v) is 14.0. The van der Waals surface area contributed by atoms with Gasteiger partial charge in [0.15, 0.2) is 7.14 Å². The fourth-order valence-electron chi connectivity index (χ4n) is 2.62. The molecule has 0 saturated carbocycles. The monoisotopic (exact) mass is 590 g/mol. The summed E-state index contributed by atoms with van der Waals surface area (Å²) in [4.78, 5) is -0.489. The summed E-state index contributed by atoms with van der Waals surface area (Å²) >= 11 is 10.9. The van der Waals surface area contributed by atoms with Gasteiger partial charge >= 0.3 is 21.2 Å². The number of benzene rings is 3. The van der Waals surface area contributed by atoms with Crippen LogP contribution in [0.25, 0.3) is 0 Å². The Balaban J connectivity index is 0.000000245. The second-order valence-corrected chi connectivity index (χ2v) is 12.8. The van der Waals surface area contributed by atoms with Gasteiger partial charge in [-0.15, -0.1) is 0 Å². The van der Waals surface area contributed by atoms with Crippen molar-refractivity contribution in [1.82, 2.24) is 0 Å². The Labute approximate surface area is 205 Å². The molecule has 3 nitrogen and oxygen atoms in total. The molecule has 3 aromatic carbocycles. The molecule has 0 fully saturated rings. The van der Waals surface area contributed by atoms with Crippen molar-refractivity contribution in [2.24, 2.45) is 0 Å². The van der Waals surface area contributed by atoms with Crippen LogP contribution in [0.2, 0.25) is 10.0 Å². The maximum absolute atomic E-state index is 10.5. The zero-order valence-electron chi connectivity index (χ0n) is 17.8. The molecule has 3 rings (SSSR count). The van der Waals surface area contributed by atoms with E-state index in [1.54, 1.807) is 0 Å². The molecule has 0 aliphatic carbocycles. The summed E-state index contributed by atoms with van der Waals surface area (Å²) in [6.07, 6.45) is 0. The first-order chi connectivity index (χ1) is 14.5. The molecule has 31 heavy (non-hydrogen) atoms. The Morgan fingerprint density at radius 3 is 1.48 bits per heavy atom. The Hall–Kier alpha value is -1.12. The maximum atomic E-state index is 10.5. The van der Waals surface area contributed by atoms with Crippen LogP contribution < -0.4 is 21.2 Å². The molecule has 0 heterocycles. The molecule has 0 atom stereocenters. The minimum Gasteiger partial charge on any atom is -0.744 e. The summed E-state index contributed by atoms with van der Waals surface area (Å²) in [6, 6.07) is 22.0. The first-order valence-electron chi connectivity index (χ1n) is 9.73. The normalized spacial score (nSPS) is 11.4. The van der Waals surface area contributed by atoms with Gasteiger partial charge in [-0.1, -0.05) is 75.2 Å². The molecule has 0 amide bonds. The van der Waals surface area contributed by atoms with Crippen molar-refractivity contribution < 1.29 is 34.2 Å². The summed E-state index contributed by atoms with van der Waals surface area (Å²) in [5.41, 5.74) is 2.87. The van der Waals surface area contributed by atoms with E-state index in [0.29, 0.717) is 11.8 Å². The van der Waals surface area contributed by atoms with Crippen molar-refractivity contribution in [3.63, 3.8) is 0 Å². The number of hydrogen-bond donors (Lipinski definition) is 0. The van der Waals surface area contributed by atoms with Crippen LogP contribution >= 0.6 is 23.2 Å². The van der Waals surface area contributed by atoms with Gasteiger partial charge < -0.3 is 4.55 Å². The van der Waals surface area contributed by atoms with Crippen LogP contribution in [0.1, 0.15) is 50.7 Å². The van der Waals surface area contributed by atoms with Crippen molar-refractivity contribution in [2.45, 2.75) is 44.4 Å². The van der Waals surface area contributed by atoms with E-state index >= 15 is 0 Å². The van der Waals surface area contributed by atoms with E-state index in [9.17, 15) is 13.0 Å². The zero-order valence-corrected chi connectivity index (χ0v) is 22.3. The number of halogens is 3. The fraction of sp³-hybridized carbons (Fsp3) is 0.250. The Kier molecular flexibility index (Phi) is 9.83. The second kappa shape index (κ2) is 11.7. The second-order valence-electron chi connectivity index (χ2n) is 7.54. The van der Waals surface area contributed by atoms with Crippen LogP contribution in [-0.4, -0.2) is 13.0 Å². The van der Waals surface area contributed by atoms with E-state index in [1.807, 2.05) is 0 Å². The van der Waals surface area contributed by atoms with Gasteiger partial charge in [0.1, 0.15) is 10.1 Å². The Morgan fingerprint density at radius 2 is 1.16 bits per heavy atom. The molecular formula is C24H25Cl2IO3S. The highest BCUT2D eigenvalue weighted by atomic mass is 127. The van der Waals surface area contributed by atoms with E-state index in [1.165, 1.54) is 30.4 Å². The van der Waals surface area contributed by atoms with Gasteiger partial charge in [-0.25, -0.2) is 8.42 Å². The number of rotatable bonds is 5. The largest absolute Gasteiger partial charge is 0.744 e. The van der Waals surface area contributed by atoms with Gasteiger partial charge in [-0.3, -0.25) is 0 Å². The van der Waals surface area contributed by atoms with Gasteiger partial charge in [0, 0.05) is 5.02 Å². The third-order valence-electron chi connectivity index (χ3n) is 4.45. The topological polar surface area (TPSA) is 57.2 Å². The van der Waals surface area contributed by atoms with Gasteiger partial charge in [0.2, 0.25) is 0 Å². The van der Waals surface area contributed by atoms with Crippen molar-refractivity contribution >= 4 is 33.3 Å². The van der Waals surface area contributed by atoms with E-state index in [-0.39, 0.29) is 31.3 Å². The molecular weight excluding hydrogens is 566 g/mol. The molecule has 0 unspecified atom stereocenters. The molecule has 0 N–H and O–H groups in total.